The highest BCUT2D eigenvalue weighted by Gasteiger charge is 2.27. The van der Waals surface area contributed by atoms with Crippen molar-refractivity contribution in [1.82, 2.24) is 4.90 Å². The van der Waals surface area contributed by atoms with Crippen molar-refractivity contribution in [1.29, 1.82) is 0 Å². The van der Waals surface area contributed by atoms with Crippen LogP contribution in [0.25, 0.3) is 0 Å². The summed E-state index contributed by atoms with van der Waals surface area (Å²) in [6.45, 7) is 2.99. The molecule has 1 aromatic carbocycles. The Morgan fingerprint density at radius 1 is 1.33 bits per heavy atom. The molecule has 1 aliphatic rings. The maximum Gasteiger partial charge on any atom is 0.321 e. The summed E-state index contributed by atoms with van der Waals surface area (Å²) in [7, 11) is 0. The highest BCUT2D eigenvalue weighted by atomic mass is 16.4. The number of likely N-dealkylation sites (tertiary alicyclic amines) is 1. The fourth-order valence-electron chi connectivity index (χ4n) is 2.40. The number of aliphatic hydroxyl groups is 1. The minimum Gasteiger partial charge on any atom is -0.481 e. The third-order valence-corrected chi connectivity index (χ3v) is 3.71. The minimum atomic E-state index is -0.882. The normalized spacial score (nSPS) is 21.9. The number of aliphatic carboxylic acids is 1. The van der Waals surface area contributed by atoms with E-state index in [9.17, 15) is 14.7 Å². The molecular formula is C15H20N2O4. The van der Waals surface area contributed by atoms with Crippen molar-refractivity contribution < 1.29 is 19.8 Å². The Labute approximate surface area is 123 Å². The van der Waals surface area contributed by atoms with Crippen LogP contribution in [-0.4, -0.2) is 46.3 Å². The first-order valence-corrected chi connectivity index (χ1v) is 7.00. The molecule has 2 atom stereocenters. The quantitative estimate of drug-likeness (QED) is 0.788. The van der Waals surface area contributed by atoms with Gasteiger partial charge >= 0.3 is 12.0 Å². The number of carbonyl (C=O) groups excluding carboxylic acids is 1. The molecule has 0 spiro atoms. The van der Waals surface area contributed by atoms with Gasteiger partial charge in [-0.05, 0) is 30.0 Å². The first-order chi connectivity index (χ1) is 9.95. The summed E-state index contributed by atoms with van der Waals surface area (Å²) < 4.78 is 0. The minimum absolute atomic E-state index is 0.0320. The number of nitrogens with zero attached hydrogens (tertiary/aromatic N) is 1. The van der Waals surface area contributed by atoms with Crippen LogP contribution in [0.2, 0.25) is 0 Å². The van der Waals surface area contributed by atoms with Crippen LogP contribution in [0, 0.1) is 5.92 Å². The van der Waals surface area contributed by atoms with Gasteiger partial charge in [0.25, 0.3) is 0 Å². The second-order valence-corrected chi connectivity index (χ2v) is 5.48. The standard InChI is InChI=1S/C15H20N2O4/c1-10-9-17(7-6-13(10)18)15(21)16-12-4-2-11(3-5-12)8-14(19)20/h2-5,10,13,18H,6-9H2,1H3,(H,16,21)(H,19,20). The number of hydrogen-bond acceptors (Lipinski definition) is 3. The lowest BCUT2D eigenvalue weighted by Crippen LogP contribution is -2.46. The maximum atomic E-state index is 12.1. The van der Waals surface area contributed by atoms with Gasteiger partial charge in [-0.2, -0.15) is 0 Å². The number of amides is 2. The van der Waals surface area contributed by atoms with Crippen LogP contribution < -0.4 is 5.32 Å². The summed E-state index contributed by atoms with van der Waals surface area (Å²) in [6, 6.07) is 6.56. The summed E-state index contributed by atoms with van der Waals surface area (Å²) in [5.74, 6) is -0.810. The molecule has 0 radical (unpaired) electrons. The molecule has 1 aliphatic heterocycles. The van der Waals surface area contributed by atoms with Crippen LogP contribution in [0.1, 0.15) is 18.9 Å². The number of carboxylic acids is 1. The summed E-state index contributed by atoms with van der Waals surface area (Å²) in [5.41, 5.74) is 1.32. The van der Waals surface area contributed by atoms with Crippen LogP contribution in [0.15, 0.2) is 24.3 Å². The number of urea groups is 1. The highest BCUT2D eigenvalue weighted by Crippen LogP contribution is 2.18. The lowest BCUT2D eigenvalue weighted by Gasteiger charge is -2.34. The van der Waals surface area contributed by atoms with E-state index in [2.05, 4.69) is 5.32 Å². The zero-order chi connectivity index (χ0) is 15.4. The van der Waals surface area contributed by atoms with Gasteiger partial charge < -0.3 is 20.4 Å². The fourth-order valence-corrected chi connectivity index (χ4v) is 2.40. The van der Waals surface area contributed by atoms with E-state index in [4.69, 9.17) is 5.11 Å². The van der Waals surface area contributed by atoms with Crippen LogP contribution >= 0.6 is 0 Å². The molecule has 21 heavy (non-hydrogen) atoms. The largest absolute Gasteiger partial charge is 0.481 e. The Hall–Kier alpha value is -2.08. The van der Waals surface area contributed by atoms with Crippen LogP contribution in [0.3, 0.4) is 0 Å². The first-order valence-electron chi connectivity index (χ1n) is 7.00. The molecular weight excluding hydrogens is 272 g/mol. The summed E-state index contributed by atoms with van der Waals surface area (Å²) >= 11 is 0. The van der Waals surface area contributed by atoms with Crippen molar-refractivity contribution in [3.63, 3.8) is 0 Å². The van der Waals surface area contributed by atoms with Crippen molar-refractivity contribution in [3.05, 3.63) is 29.8 Å². The molecule has 2 amide bonds. The first kappa shape index (κ1) is 15.3. The van der Waals surface area contributed by atoms with Crippen LogP contribution in [0.5, 0.6) is 0 Å². The second kappa shape index (κ2) is 6.58. The van der Waals surface area contributed by atoms with Crippen LogP contribution in [-0.2, 0) is 11.2 Å². The number of aliphatic hydroxyl groups excluding tert-OH is 1. The van der Waals surface area contributed by atoms with Gasteiger partial charge in [-0.1, -0.05) is 19.1 Å². The predicted octanol–water partition coefficient (Wildman–Crippen LogP) is 1.55. The summed E-state index contributed by atoms with van der Waals surface area (Å²) in [5, 5.41) is 21.1. The number of piperidine rings is 1. The van der Waals surface area contributed by atoms with E-state index in [1.807, 2.05) is 6.92 Å². The van der Waals surface area contributed by atoms with Crippen molar-refractivity contribution in [2.24, 2.45) is 5.92 Å². The third kappa shape index (κ3) is 4.19. The van der Waals surface area contributed by atoms with Crippen molar-refractivity contribution >= 4 is 17.7 Å². The number of hydrogen-bond donors (Lipinski definition) is 3. The number of carbonyl (C=O) groups is 2. The Balaban J connectivity index is 1.92. The fraction of sp³-hybridized carbons (Fsp3) is 0.467. The molecule has 114 valence electrons. The maximum absolute atomic E-state index is 12.1. The lowest BCUT2D eigenvalue weighted by atomic mass is 9.97. The van der Waals surface area contributed by atoms with Gasteiger partial charge in [0.2, 0.25) is 0 Å². The Morgan fingerprint density at radius 3 is 2.57 bits per heavy atom. The molecule has 6 heteroatoms. The molecule has 1 fully saturated rings. The molecule has 6 nitrogen and oxygen atoms in total. The monoisotopic (exact) mass is 292 g/mol. The number of rotatable bonds is 3. The number of nitrogens with one attached hydrogen (secondary N) is 1. The van der Waals surface area contributed by atoms with E-state index < -0.39 is 5.97 Å². The molecule has 0 bridgehead atoms. The van der Waals surface area contributed by atoms with E-state index in [0.717, 1.165) is 0 Å². The lowest BCUT2D eigenvalue weighted by molar-refractivity contribution is -0.136. The average Bonchev–Trinajstić information content (AvgIpc) is 2.43. The van der Waals surface area contributed by atoms with Gasteiger partial charge in [0.05, 0.1) is 12.5 Å². The molecule has 0 saturated carbocycles. The van der Waals surface area contributed by atoms with Crippen molar-refractivity contribution in [3.8, 4) is 0 Å². The van der Waals surface area contributed by atoms with Gasteiger partial charge in [-0.3, -0.25) is 4.79 Å². The number of benzene rings is 1. The Morgan fingerprint density at radius 2 is 2.00 bits per heavy atom. The Kier molecular flexibility index (Phi) is 4.80. The molecule has 2 rings (SSSR count). The van der Waals surface area contributed by atoms with Crippen molar-refractivity contribution in [2.45, 2.75) is 25.9 Å². The van der Waals surface area contributed by atoms with Gasteiger partial charge in [0.1, 0.15) is 0 Å². The van der Waals surface area contributed by atoms with E-state index in [1.54, 1.807) is 29.2 Å². The Bertz CT molecular complexity index is 515. The second-order valence-electron chi connectivity index (χ2n) is 5.48. The average molecular weight is 292 g/mol. The van der Waals surface area contributed by atoms with E-state index in [1.165, 1.54) is 0 Å². The summed E-state index contributed by atoms with van der Waals surface area (Å²) in [6.07, 6.45) is 0.214. The molecule has 1 heterocycles. The third-order valence-electron chi connectivity index (χ3n) is 3.71. The molecule has 1 aromatic rings. The van der Waals surface area contributed by atoms with Crippen molar-refractivity contribution in [2.75, 3.05) is 18.4 Å². The number of anilines is 1. The van der Waals surface area contributed by atoms with Gasteiger partial charge in [0, 0.05) is 18.8 Å². The number of carboxylic acid groups (broad SMARTS) is 1. The highest BCUT2D eigenvalue weighted by molar-refractivity contribution is 5.89. The molecule has 3 N–H and O–H groups in total. The molecule has 2 unspecified atom stereocenters. The van der Waals surface area contributed by atoms with E-state index in [0.29, 0.717) is 30.8 Å². The van der Waals surface area contributed by atoms with E-state index >= 15 is 0 Å². The van der Waals surface area contributed by atoms with Crippen LogP contribution in [0.4, 0.5) is 10.5 Å². The molecule has 0 aromatic heterocycles. The van der Waals surface area contributed by atoms with Gasteiger partial charge in [-0.15, -0.1) is 0 Å². The molecule has 1 saturated heterocycles. The summed E-state index contributed by atoms with van der Waals surface area (Å²) in [4.78, 5) is 24.4. The van der Waals surface area contributed by atoms with E-state index in [-0.39, 0.29) is 24.5 Å². The molecule has 0 aliphatic carbocycles. The smallest absolute Gasteiger partial charge is 0.321 e. The topological polar surface area (TPSA) is 89.9 Å². The predicted molar refractivity (Wildman–Crippen MR) is 78.2 cm³/mol. The SMILES string of the molecule is CC1CN(C(=O)Nc2ccc(CC(=O)O)cc2)CCC1O. The van der Waals surface area contributed by atoms with Gasteiger partial charge in [0.15, 0.2) is 0 Å². The van der Waals surface area contributed by atoms with Gasteiger partial charge in [-0.25, -0.2) is 4.79 Å². The zero-order valence-corrected chi connectivity index (χ0v) is 12.0. The zero-order valence-electron chi connectivity index (χ0n) is 12.0.